The molecule has 2 amide bonds. The van der Waals surface area contributed by atoms with E-state index in [4.69, 9.17) is 23.2 Å². The van der Waals surface area contributed by atoms with Gasteiger partial charge in [-0.3, -0.25) is 24.3 Å². The van der Waals surface area contributed by atoms with Crippen LogP contribution in [0.4, 0.5) is 10.8 Å². The summed E-state index contributed by atoms with van der Waals surface area (Å²) >= 11 is 14.9. The van der Waals surface area contributed by atoms with Gasteiger partial charge in [0.15, 0.2) is 16.1 Å². The van der Waals surface area contributed by atoms with Crippen LogP contribution < -0.4 is 10.6 Å². The first-order chi connectivity index (χ1) is 19.7. The van der Waals surface area contributed by atoms with Crippen molar-refractivity contribution >= 4 is 79.2 Å². The van der Waals surface area contributed by atoms with Gasteiger partial charge < -0.3 is 10.6 Å². The van der Waals surface area contributed by atoms with Gasteiger partial charge in [0, 0.05) is 17.2 Å². The van der Waals surface area contributed by atoms with Gasteiger partial charge in [0.25, 0.3) is 11.6 Å². The molecule has 41 heavy (non-hydrogen) atoms. The first kappa shape index (κ1) is 28.5. The van der Waals surface area contributed by atoms with Crippen LogP contribution in [-0.2, 0) is 11.3 Å². The van der Waals surface area contributed by atoms with Gasteiger partial charge in [-0.05, 0) is 43.3 Å². The third kappa shape index (κ3) is 6.33. The molecule has 0 saturated carbocycles. The molecule has 11 nitrogen and oxygen atoms in total. The lowest BCUT2D eigenvalue weighted by atomic mass is 10.1. The Balaban J connectivity index is 1.35. The fourth-order valence-electron chi connectivity index (χ4n) is 3.92. The Labute approximate surface area is 251 Å². The number of aromatic nitrogens is 4. The van der Waals surface area contributed by atoms with Gasteiger partial charge in [0.1, 0.15) is 0 Å². The number of thioether (sulfide) groups is 1. The number of nitrogens with zero attached hydrogens (tertiary/aromatic N) is 5. The van der Waals surface area contributed by atoms with E-state index >= 15 is 0 Å². The molecule has 2 heterocycles. The Morgan fingerprint density at radius 2 is 1.88 bits per heavy atom. The van der Waals surface area contributed by atoms with Crippen molar-refractivity contribution in [3.8, 4) is 5.69 Å². The number of rotatable bonds is 9. The van der Waals surface area contributed by atoms with E-state index in [1.165, 1.54) is 36.5 Å². The number of carbonyl (C=O) groups is 2. The van der Waals surface area contributed by atoms with E-state index in [1.807, 2.05) is 24.3 Å². The smallest absolute Gasteiger partial charge is 0.273 e. The van der Waals surface area contributed by atoms with Crippen molar-refractivity contribution in [3.63, 3.8) is 0 Å². The van der Waals surface area contributed by atoms with Gasteiger partial charge in [0.2, 0.25) is 5.91 Å². The number of halogens is 2. The predicted octanol–water partition coefficient (Wildman–Crippen LogP) is 6.06. The van der Waals surface area contributed by atoms with Crippen molar-refractivity contribution in [2.24, 2.45) is 0 Å². The summed E-state index contributed by atoms with van der Waals surface area (Å²) in [5, 5.41) is 26.8. The maximum absolute atomic E-state index is 12.9. The number of nitrogens with one attached hydrogen (secondary N) is 2. The van der Waals surface area contributed by atoms with Crippen LogP contribution in [0.2, 0.25) is 10.0 Å². The molecular formula is C26H19Cl2N7O4S2. The van der Waals surface area contributed by atoms with Gasteiger partial charge in [0.05, 0.1) is 43.2 Å². The number of nitro groups is 1. The fourth-order valence-corrected chi connectivity index (χ4v) is 5.87. The number of carbonyl (C=O) groups excluding carboxylic acids is 2. The summed E-state index contributed by atoms with van der Waals surface area (Å²) in [6, 6.07) is 16.8. The van der Waals surface area contributed by atoms with Crippen LogP contribution in [0.1, 0.15) is 21.7 Å². The van der Waals surface area contributed by atoms with Crippen molar-refractivity contribution < 1.29 is 14.5 Å². The van der Waals surface area contributed by atoms with Crippen LogP contribution >= 0.6 is 46.3 Å². The SMILES string of the molecule is Cc1c(C(=O)NCc2nnc(SCC(=O)Nc3nc4ccccc4s3)n2-c2ccc(Cl)c(Cl)c2)cccc1[N+](=O)[O-]. The second-order valence-electron chi connectivity index (χ2n) is 8.55. The molecule has 2 aromatic heterocycles. The lowest BCUT2D eigenvalue weighted by Gasteiger charge is -2.12. The maximum atomic E-state index is 12.9. The third-order valence-corrected chi connectivity index (χ3v) is 8.51. The second-order valence-corrected chi connectivity index (χ2v) is 11.3. The molecule has 208 valence electrons. The molecule has 2 N–H and O–H groups in total. The molecule has 0 aliphatic heterocycles. The summed E-state index contributed by atoms with van der Waals surface area (Å²) in [4.78, 5) is 40.8. The first-order valence-electron chi connectivity index (χ1n) is 11.9. The molecule has 0 bridgehead atoms. The maximum Gasteiger partial charge on any atom is 0.273 e. The van der Waals surface area contributed by atoms with E-state index in [2.05, 4.69) is 25.8 Å². The van der Waals surface area contributed by atoms with Gasteiger partial charge in [-0.2, -0.15) is 0 Å². The van der Waals surface area contributed by atoms with E-state index in [1.54, 1.807) is 22.8 Å². The zero-order chi connectivity index (χ0) is 29.1. The Morgan fingerprint density at radius 3 is 2.63 bits per heavy atom. The normalized spacial score (nSPS) is 11.0. The van der Waals surface area contributed by atoms with Gasteiger partial charge in [-0.15, -0.1) is 10.2 Å². The molecule has 0 aliphatic rings. The minimum Gasteiger partial charge on any atom is -0.345 e. The molecule has 3 aromatic carbocycles. The average molecular weight is 629 g/mol. The number of amides is 2. The summed E-state index contributed by atoms with van der Waals surface area (Å²) in [6.45, 7) is 1.45. The van der Waals surface area contributed by atoms with Crippen molar-refractivity contribution in [2.45, 2.75) is 18.6 Å². The molecular weight excluding hydrogens is 609 g/mol. The van der Waals surface area contributed by atoms with Crippen molar-refractivity contribution in [1.82, 2.24) is 25.1 Å². The van der Waals surface area contributed by atoms with E-state index < -0.39 is 10.8 Å². The summed E-state index contributed by atoms with van der Waals surface area (Å²) in [7, 11) is 0. The lowest BCUT2D eigenvalue weighted by Crippen LogP contribution is -2.25. The van der Waals surface area contributed by atoms with Crippen LogP contribution in [0, 0.1) is 17.0 Å². The van der Waals surface area contributed by atoms with Crippen molar-refractivity contribution in [1.29, 1.82) is 0 Å². The lowest BCUT2D eigenvalue weighted by molar-refractivity contribution is -0.385. The molecule has 5 rings (SSSR count). The Bertz CT molecular complexity index is 1780. The molecule has 0 aliphatic carbocycles. The molecule has 0 radical (unpaired) electrons. The van der Waals surface area contributed by atoms with Gasteiger partial charge in [-0.25, -0.2) is 4.98 Å². The molecule has 0 unspecified atom stereocenters. The van der Waals surface area contributed by atoms with E-state index in [0.29, 0.717) is 31.8 Å². The second kappa shape index (κ2) is 12.2. The number of thiazole rings is 1. The Hall–Kier alpha value is -4.04. The van der Waals surface area contributed by atoms with E-state index in [0.717, 1.165) is 22.0 Å². The van der Waals surface area contributed by atoms with E-state index in [9.17, 15) is 19.7 Å². The predicted molar refractivity (Wildman–Crippen MR) is 159 cm³/mol. The molecule has 0 fully saturated rings. The molecule has 15 heteroatoms. The Kier molecular flexibility index (Phi) is 8.49. The first-order valence-corrected chi connectivity index (χ1v) is 14.5. The Morgan fingerprint density at radius 1 is 1.07 bits per heavy atom. The highest BCUT2D eigenvalue weighted by atomic mass is 35.5. The summed E-state index contributed by atoms with van der Waals surface area (Å²) in [5.74, 6) is -0.448. The van der Waals surface area contributed by atoms with Crippen LogP contribution in [0.25, 0.3) is 15.9 Å². The number of fused-ring (bicyclic) bond motifs is 1. The van der Waals surface area contributed by atoms with Gasteiger partial charge in [-0.1, -0.05) is 64.5 Å². The average Bonchev–Trinajstić information content (AvgIpc) is 3.55. The van der Waals surface area contributed by atoms with Crippen LogP contribution in [0.15, 0.2) is 65.8 Å². The minimum atomic E-state index is -0.538. The summed E-state index contributed by atoms with van der Waals surface area (Å²) in [6.07, 6.45) is 0. The number of nitro benzene ring substituents is 1. The zero-order valence-electron chi connectivity index (χ0n) is 21.1. The van der Waals surface area contributed by atoms with Crippen molar-refractivity contribution in [3.05, 3.63) is 97.8 Å². The highest BCUT2D eigenvalue weighted by Gasteiger charge is 2.21. The number of benzene rings is 3. The number of hydrogen-bond donors (Lipinski definition) is 2. The zero-order valence-corrected chi connectivity index (χ0v) is 24.3. The number of hydrogen-bond acceptors (Lipinski definition) is 9. The third-order valence-electron chi connectivity index (χ3n) is 5.89. The van der Waals surface area contributed by atoms with E-state index in [-0.39, 0.29) is 35.0 Å². The van der Waals surface area contributed by atoms with Crippen LogP contribution in [0.5, 0.6) is 0 Å². The minimum absolute atomic E-state index is 0.00855. The topological polar surface area (TPSA) is 145 Å². The molecule has 5 aromatic rings. The summed E-state index contributed by atoms with van der Waals surface area (Å²) in [5.41, 5.74) is 1.62. The van der Waals surface area contributed by atoms with Crippen LogP contribution in [-0.4, -0.2) is 42.2 Å². The molecule has 0 saturated heterocycles. The quantitative estimate of drug-likeness (QED) is 0.114. The van der Waals surface area contributed by atoms with Gasteiger partial charge >= 0.3 is 0 Å². The standard InChI is InChI=1S/C26H19Cl2N7O4S2/c1-14-16(5-4-7-20(14)35(38)39)24(37)29-12-22-32-33-26(34(22)15-9-10-17(27)18(28)11-15)40-13-23(36)31-25-30-19-6-2-3-8-21(19)41-25/h2-11H,12-13H2,1H3,(H,29,37)(H,30,31,36). The highest BCUT2D eigenvalue weighted by molar-refractivity contribution is 7.99. The monoisotopic (exact) mass is 627 g/mol. The largest absolute Gasteiger partial charge is 0.345 e. The molecule has 0 spiro atoms. The van der Waals surface area contributed by atoms with Crippen LogP contribution in [0.3, 0.4) is 0 Å². The highest BCUT2D eigenvalue weighted by Crippen LogP contribution is 2.29. The number of anilines is 1. The fraction of sp³-hybridized carbons (Fsp3) is 0.115. The molecule has 0 atom stereocenters. The summed E-state index contributed by atoms with van der Waals surface area (Å²) < 4.78 is 2.61. The van der Waals surface area contributed by atoms with Crippen molar-refractivity contribution in [2.75, 3.05) is 11.1 Å². The number of para-hydroxylation sites is 1.